The molecule has 0 radical (unpaired) electrons. The van der Waals surface area contributed by atoms with Crippen molar-refractivity contribution < 1.29 is 38.0 Å². The van der Waals surface area contributed by atoms with Crippen LogP contribution in [-0.2, 0) is 33.4 Å². The van der Waals surface area contributed by atoms with Crippen molar-refractivity contribution in [1.82, 2.24) is 9.80 Å². The number of amides is 2. The molecule has 0 unspecified atom stereocenters. The molecule has 0 bridgehead atoms. The Hall–Kier alpha value is -4.84. The van der Waals surface area contributed by atoms with E-state index in [1.165, 1.54) is 12.8 Å². The normalized spacial score (nSPS) is 27.6. The zero-order valence-corrected chi connectivity index (χ0v) is 41.2. The summed E-state index contributed by atoms with van der Waals surface area (Å²) in [5.41, 5.74) is 1.36. The van der Waals surface area contributed by atoms with E-state index < -0.39 is 11.1 Å². The van der Waals surface area contributed by atoms with Gasteiger partial charge < -0.3 is 28.4 Å². The molecular formula is C52H76N4O8. The van der Waals surface area contributed by atoms with Gasteiger partial charge in [0.1, 0.15) is 12.2 Å². The number of ether oxygens (including phenoxy) is 6. The number of benzene rings is 2. The van der Waals surface area contributed by atoms with Crippen molar-refractivity contribution in [2.75, 3.05) is 41.5 Å². The second kappa shape index (κ2) is 21.0. The van der Waals surface area contributed by atoms with Crippen molar-refractivity contribution >= 4 is 12.2 Å². The van der Waals surface area contributed by atoms with E-state index >= 15 is 0 Å². The highest BCUT2D eigenvalue weighted by Gasteiger charge is 2.52. The van der Waals surface area contributed by atoms with Gasteiger partial charge in [-0.15, -0.1) is 0 Å². The monoisotopic (exact) mass is 885 g/mol. The van der Waals surface area contributed by atoms with E-state index in [1.807, 2.05) is 52.0 Å². The zero-order chi connectivity index (χ0) is 47.3. The summed E-state index contributed by atoms with van der Waals surface area (Å²) in [6.07, 6.45) is 6.53. The second-order valence-electron chi connectivity index (χ2n) is 20.1. The van der Waals surface area contributed by atoms with Crippen LogP contribution < -0.4 is 18.9 Å². The van der Waals surface area contributed by atoms with Crippen LogP contribution in [-0.4, -0.2) is 75.7 Å². The SMILES string of the molecule is COc1cc2c(cc1OC)[C@@](C#N)(C(C)C)N(C(=O)O[C@@H]1C[C@H](C)CC[C@H]1C(C)C)CC2.COc1cc2c(cc1OC)[C@](C#N)(C(C)C)N(C(=O)O[C@@H]1C[C@H](C)CC[C@H]1C(C)C)CC2. The van der Waals surface area contributed by atoms with E-state index in [0.717, 1.165) is 47.9 Å². The molecule has 2 saturated carbocycles. The molecule has 2 aliphatic carbocycles. The maximum atomic E-state index is 13.6. The van der Waals surface area contributed by atoms with Crippen LogP contribution in [0, 0.1) is 70.0 Å². The highest BCUT2D eigenvalue weighted by atomic mass is 16.6. The van der Waals surface area contributed by atoms with Crippen molar-refractivity contribution in [2.45, 2.75) is 144 Å². The summed E-state index contributed by atoms with van der Waals surface area (Å²) >= 11 is 0. The summed E-state index contributed by atoms with van der Waals surface area (Å²) < 4.78 is 34.3. The maximum absolute atomic E-state index is 13.6. The van der Waals surface area contributed by atoms with Gasteiger partial charge in [-0.1, -0.05) is 82.1 Å². The molecule has 64 heavy (non-hydrogen) atoms. The lowest BCUT2D eigenvalue weighted by atomic mass is 9.74. The van der Waals surface area contributed by atoms with Crippen molar-refractivity contribution in [3.63, 3.8) is 0 Å². The van der Waals surface area contributed by atoms with Crippen LogP contribution in [0.15, 0.2) is 24.3 Å². The first-order valence-corrected chi connectivity index (χ1v) is 23.7. The Labute approximate surface area is 383 Å². The largest absolute Gasteiger partial charge is 0.493 e. The number of nitriles is 2. The fourth-order valence-electron chi connectivity index (χ4n) is 11.2. The van der Waals surface area contributed by atoms with Crippen LogP contribution >= 0.6 is 0 Å². The van der Waals surface area contributed by atoms with Gasteiger partial charge in [-0.25, -0.2) is 9.59 Å². The Morgan fingerprint density at radius 2 is 0.906 bits per heavy atom. The van der Waals surface area contributed by atoms with Crippen molar-refractivity contribution in [2.24, 2.45) is 47.3 Å². The first-order valence-electron chi connectivity index (χ1n) is 23.7. The molecule has 2 heterocycles. The molecule has 352 valence electrons. The van der Waals surface area contributed by atoms with Gasteiger partial charge in [0.2, 0.25) is 0 Å². The third kappa shape index (κ3) is 9.58. The number of methoxy groups -OCH3 is 4. The lowest BCUT2D eigenvalue weighted by molar-refractivity contribution is -0.0294. The molecule has 2 aromatic rings. The molecule has 0 aromatic heterocycles. The highest BCUT2D eigenvalue weighted by molar-refractivity contribution is 5.73. The molecule has 2 aliphatic heterocycles. The summed E-state index contributed by atoms with van der Waals surface area (Å²) in [5.74, 6) is 4.79. The topological polar surface area (TPSA) is 144 Å². The van der Waals surface area contributed by atoms with Crippen molar-refractivity contribution in [3.05, 3.63) is 46.5 Å². The standard InChI is InChI=1S/2C26H38N2O4/c2*1-16(2)20-9-8-18(5)12-22(20)32-25(29)28-11-10-19-13-23(30-6)24(31-7)14-21(19)26(28,15-27)17(3)4/h2*13-14,16-18,20,22H,8-12H2,1-7H3/t18-,20+,22-,26+;18-,20+,22-,26-/m11/s1. The average Bonchev–Trinajstić information content (AvgIpc) is 3.26. The lowest BCUT2D eigenvalue weighted by Crippen LogP contribution is -2.56. The number of hydrogen-bond donors (Lipinski definition) is 0. The number of carbonyl (C=O) groups excluding carboxylic acids is 2. The number of rotatable bonds is 10. The van der Waals surface area contributed by atoms with Crippen LogP contribution in [0.1, 0.15) is 130 Å². The summed E-state index contributed by atoms with van der Waals surface area (Å²) in [5, 5.41) is 21.0. The first-order chi connectivity index (χ1) is 30.4. The Bertz CT molecular complexity index is 1890. The zero-order valence-electron chi connectivity index (χ0n) is 41.2. The maximum Gasteiger partial charge on any atom is 0.411 e. The third-order valence-corrected chi connectivity index (χ3v) is 15.0. The van der Waals surface area contributed by atoms with Gasteiger partial charge >= 0.3 is 12.2 Å². The number of carbonyl (C=O) groups is 2. The van der Waals surface area contributed by atoms with Gasteiger partial charge in [-0.05, 0) is 132 Å². The predicted octanol–water partition coefficient (Wildman–Crippen LogP) is 11.1. The van der Waals surface area contributed by atoms with Gasteiger partial charge in [0.25, 0.3) is 0 Å². The number of nitrogens with zero attached hydrogens (tertiary/aromatic N) is 4. The first kappa shape index (κ1) is 50.2. The third-order valence-electron chi connectivity index (χ3n) is 15.0. The summed E-state index contributed by atoms with van der Waals surface area (Å²) in [6, 6.07) is 12.6. The minimum atomic E-state index is -1.13. The Balaban J connectivity index is 0.000000241. The number of hydrogen-bond acceptors (Lipinski definition) is 10. The fraction of sp³-hybridized carbons (Fsp3) is 0.692. The molecular weight excluding hydrogens is 809 g/mol. The molecule has 0 saturated heterocycles. The van der Waals surface area contributed by atoms with E-state index in [9.17, 15) is 20.1 Å². The van der Waals surface area contributed by atoms with Crippen molar-refractivity contribution in [3.8, 4) is 35.1 Å². The van der Waals surface area contributed by atoms with Crippen LogP contribution in [0.25, 0.3) is 0 Å². The van der Waals surface area contributed by atoms with Crippen LogP contribution in [0.2, 0.25) is 0 Å². The molecule has 2 amide bonds. The molecule has 8 atom stereocenters. The van der Waals surface area contributed by atoms with E-state index in [1.54, 1.807) is 38.2 Å². The number of fused-ring (bicyclic) bond motifs is 2. The van der Waals surface area contributed by atoms with Gasteiger partial charge in [-0.3, -0.25) is 9.80 Å². The Morgan fingerprint density at radius 3 is 1.19 bits per heavy atom. The van der Waals surface area contributed by atoms with Gasteiger partial charge in [0.05, 0.1) is 40.6 Å². The summed E-state index contributed by atoms with van der Waals surface area (Å²) in [6.45, 7) is 22.0. The van der Waals surface area contributed by atoms with E-state index in [4.69, 9.17) is 28.4 Å². The molecule has 2 aromatic carbocycles. The molecule has 4 aliphatic rings. The summed E-state index contributed by atoms with van der Waals surface area (Å²) in [7, 11) is 6.37. The van der Waals surface area contributed by atoms with Crippen LogP contribution in [0.5, 0.6) is 23.0 Å². The second-order valence-corrected chi connectivity index (χ2v) is 20.1. The molecule has 0 spiro atoms. The quantitative estimate of drug-likeness (QED) is 0.226. The molecule has 2 fully saturated rings. The van der Waals surface area contributed by atoms with E-state index in [-0.39, 0.29) is 36.2 Å². The van der Waals surface area contributed by atoms with Crippen LogP contribution in [0.3, 0.4) is 0 Å². The highest BCUT2D eigenvalue weighted by Crippen LogP contribution is 2.48. The van der Waals surface area contributed by atoms with E-state index in [0.29, 0.717) is 84.4 Å². The molecule has 12 heteroatoms. The van der Waals surface area contributed by atoms with Gasteiger partial charge in [-0.2, -0.15) is 10.5 Å². The minimum absolute atomic E-state index is 0.110. The summed E-state index contributed by atoms with van der Waals surface area (Å²) in [4.78, 5) is 30.5. The average molecular weight is 885 g/mol. The van der Waals surface area contributed by atoms with E-state index in [2.05, 4.69) is 53.7 Å². The molecule has 12 nitrogen and oxygen atoms in total. The fourth-order valence-corrected chi connectivity index (χ4v) is 11.2. The lowest BCUT2D eigenvalue weighted by Gasteiger charge is -2.47. The van der Waals surface area contributed by atoms with Crippen molar-refractivity contribution in [1.29, 1.82) is 10.5 Å². The minimum Gasteiger partial charge on any atom is -0.493 e. The van der Waals surface area contributed by atoms with Crippen LogP contribution in [0.4, 0.5) is 9.59 Å². The van der Waals surface area contributed by atoms with Gasteiger partial charge in [0.15, 0.2) is 34.1 Å². The smallest absolute Gasteiger partial charge is 0.411 e. The predicted molar refractivity (Wildman–Crippen MR) is 247 cm³/mol. The molecule has 0 N–H and O–H groups in total. The Kier molecular flexibility index (Phi) is 16.4. The van der Waals surface area contributed by atoms with Gasteiger partial charge in [0, 0.05) is 13.1 Å². The molecule has 6 rings (SSSR count). The Morgan fingerprint density at radius 1 is 0.578 bits per heavy atom.